The molecule has 1 aromatic rings. The molecule has 0 bridgehead atoms. The number of anilines is 1. The van der Waals surface area contributed by atoms with Crippen LogP contribution in [-0.2, 0) is 9.53 Å². The van der Waals surface area contributed by atoms with Crippen LogP contribution in [0.4, 0.5) is 5.69 Å². The molecule has 2 saturated heterocycles. The van der Waals surface area contributed by atoms with Crippen LogP contribution in [0.1, 0.15) is 18.4 Å². The lowest BCUT2D eigenvalue weighted by Crippen LogP contribution is -2.68. The van der Waals surface area contributed by atoms with Gasteiger partial charge in [-0.25, -0.2) is 5.43 Å². The van der Waals surface area contributed by atoms with E-state index in [0.717, 1.165) is 30.6 Å². The largest absolute Gasteiger partial charge is 0.383 e. The van der Waals surface area contributed by atoms with Gasteiger partial charge in [-0.3, -0.25) is 20.0 Å². The van der Waals surface area contributed by atoms with Crippen molar-refractivity contribution < 1.29 is 9.53 Å². The predicted molar refractivity (Wildman–Crippen MR) is 95.3 cm³/mol. The average molecular weight is 343 g/mol. The molecule has 0 aliphatic carbocycles. The summed E-state index contributed by atoms with van der Waals surface area (Å²) in [5.74, 6) is -0.0274. The van der Waals surface area contributed by atoms with Crippen molar-refractivity contribution in [2.45, 2.75) is 38.3 Å². The van der Waals surface area contributed by atoms with Crippen LogP contribution in [0.25, 0.3) is 0 Å². The lowest BCUT2D eigenvalue weighted by Gasteiger charge is -2.39. The van der Waals surface area contributed by atoms with Crippen LogP contribution in [0.5, 0.6) is 0 Å². The van der Waals surface area contributed by atoms with Crippen molar-refractivity contribution in [3.05, 3.63) is 41.6 Å². The number of rotatable bonds is 4. The van der Waals surface area contributed by atoms with E-state index in [1.54, 1.807) is 7.11 Å². The standard InChI is InChI=1S/C18H25N5O2/c1-12-6-3-4-8-15(12)23-10-14-16(21-23)19-18(20-17(14)24)22-9-5-7-13(22)11-25-2/h3-4,6,8,10,13,16,18-19,21H,5,7,9,11H2,1-2H3,(H,20,24)/t13-,16?,18?/m0/s1. The highest BCUT2D eigenvalue weighted by Crippen LogP contribution is 2.26. The molecule has 3 atom stereocenters. The molecule has 0 radical (unpaired) electrons. The molecule has 134 valence electrons. The molecule has 1 aromatic carbocycles. The number of nitrogens with one attached hydrogen (secondary N) is 3. The number of amides is 1. The second-order valence-electron chi connectivity index (χ2n) is 6.83. The lowest BCUT2D eigenvalue weighted by molar-refractivity contribution is -0.122. The summed E-state index contributed by atoms with van der Waals surface area (Å²) in [6, 6.07) is 8.45. The van der Waals surface area contributed by atoms with Gasteiger partial charge in [0.25, 0.3) is 5.91 Å². The molecule has 3 heterocycles. The number of hydrogen-bond acceptors (Lipinski definition) is 6. The summed E-state index contributed by atoms with van der Waals surface area (Å²) in [7, 11) is 1.73. The molecule has 0 spiro atoms. The third kappa shape index (κ3) is 3.04. The molecule has 25 heavy (non-hydrogen) atoms. The van der Waals surface area contributed by atoms with Crippen LogP contribution in [0.15, 0.2) is 36.0 Å². The van der Waals surface area contributed by atoms with Crippen molar-refractivity contribution in [2.24, 2.45) is 0 Å². The van der Waals surface area contributed by atoms with E-state index in [2.05, 4.69) is 33.9 Å². The number of ether oxygens (including phenoxy) is 1. The van der Waals surface area contributed by atoms with E-state index in [1.165, 1.54) is 0 Å². The van der Waals surface area contributed by atoms with Crippen LogP contribution < -0.4 is 21.1 Å². The maximum atomic E-state index is 12.6. The number of carbonyl (C=O) groups is 1. The number of carbonyl (C=O) groups excluding carboxylic acids is 1. The maximum absolute atomic E-state index is 12.6. The normalized spacial score (nSPS) is 29.5. The Balaban J connectivity index is 1.50. The van der Waals surface area contributed by atoms with Gasteiger partial charge in [-0.2, -0.15) is 0 Å². The first-order valence-corrected chi connectivity index (χ1v) is 8.81. The van der Waals surface area contributed by atoms with Crippen molar-refractivity contribution in [3.8, 4) is 0 Å². The van der Waals surface area contributed by atoms with Gasteiger partial charge in [0.15, 0.2) is 0 Å². The molecule has 2 unspecified atom stereocenters. The van der Waals surface area contributed by atoms with E-state index >= 15 is 0 Å². The van der Waals surface area contributed by atoms with E-state index in [4.69, 9.17) is 4.74 Å². The summed E-state index contributed by atoms with van der Waals surface area (Å²) in [6.07, 6.45) is 3.72. The van der Waals surface area contributed by atoms with Crippen molar-refractivity contribution in [1.29, 1.82) is 0 Å². The van der Waals surface area contributed by atoms with Gasteiger partial charge >= 0.3 is 0 Å². The number of hydrogen-bond donors (Lipinski definition) is 3. The molecule has 4 rings (SSSR count). The van der Waals surface area contributed by atoms with Crippen molar-refractivity contribution in [2.75, 3.05) is 25.3 Å². The molecule has 7 nitrogen and oxygen atoms in total. The number of nitrogens with zero attached hydrogens (tertiary/aromatic N) is 2. The summed E-state index contributed by atoms with van der Waals surface area (Å²) < 4.78 is 5.33. The van der Waals surface area contributed by atoms with Crippen molar-refractivity contribution >= 4 is 11.6 Å². The molecule has 3 aliphatic rings. The Hall–Kier alpha value is -1.93. The quantitative estimate of drug-likeness (QED) is 0.746. The van der Waals surface area contributed by atoms with Gasteiger partial charge in [0.05, 0.1) is 17.9 Å². The fourth-order valence-electron chi connectivity index (χ4n) is 3.90. The number of hydrazine groups is 1. The van der Waals surface area contributed by atoms with E-state index in [0.29, 0.717) is 18.2 Å². The SMILES string of the molecule is COC[C@@H]1CCCN1C1NC(=O)C2=CN(c3ccccc3C)NC2N1. The second kappa shape index (κ2) is 6.76. The number of aryl methyl sites for hydroxylation is 1. The Morgan fingerprint density at radius 3 is 2.96 bits per heavy atom. The van der Waals surface area contributed by atoms with Crippen LogP contribution >= 0.6 is 0 Å². The highest BCUT2D eigenvalue weighted by Gasteiger charge is 2.41. The second-order valence-corrected chi connectivity index (χ2v) is 6.83. The topological polar surface area (TPSA) is 68.9 Å². The van der Waals surface area contributed by atoms with Crippen LogP contribution in [-0.4, -0.2) is 49.6 Å². The average Bonchev–Trinajstić information content (AvgIpc) is 3.22. The number of fused-ring (bicyclic) bond motifs is 1. The maximum Gasteiger partial charge on any atom is 0.254 e. The van der Waals surface area contributed by atoms with E-state index in [-0.39, 0.29) is 18.4 Å². The Labute approximate surface area is 148 Å². The molecule has 3 aliphatic heterocycles. The zero-order chi connectivity index (χ0) is 17.4. The van der Waals surface area contributed by atoms with Gasteiger partial charge in [0.1, 0.15) is 12.5 Å². The molecule has 1 amide bonds. The fourth-order valence-corrected chi connectivity index (χ4v) is 3.90. The Morgan fingerprint density at radius 1 is 1.32 bits per heavy atom. The molecule has 0 saturated carbocycles. The molecule has 7 heteroatoms. The minimum atomic E-state index is -0.192. The highest BCUT2D eigenvalue weighted by molar-refractivity contribution is 5.96. The number of methoxy groups -OCH3 is 1. The van der Waals surface area contributed by atoms with Gasteiger partial charge in [0.2, 0.25) is 0 Å². The third-order valence-electron chi connectivity index (χ3n) is 5.19. The zero-order valence-corrected chi connectivity index (χ0v) is 14.7. The van der Waals surface area contributed by atoms with Crippen LogP contribution in [0, 0.1) is 6.92 Å². The first-order valence-electron chi connectivity index (χ1n) is 8.81. The van der Waals surface area contributed by atoms with E-state index in [1.807, 2.05) is 29.4 Å². The van der Waals surface area contributed by atoms with Gasteiger partial charge in [0, 0.05) is 25.9 Å². The van der Waals surface area contributed by atoms with Gasteiger partial charge in [-0.15, -0.1) is 0 Å². The molecule has 3 N–H and O–H groups in total. The lowest BCUT2D eigenvalue weighted by atomic mass is 10.1. The third-order valence-corrected chi connectivity index (χ3v) is 5.19. The minimum absolute atomic E-state index is 0.0274. The minimum Gasteiger partial charge on any atom is -0.383 e. The molecular weight excluding hydrogens is 318 g/mol. The fraction of sp³-hybridized carbons (Fsp3) is 0.500. The smallest absolute Gasteiger partial charge is 0.254 e. The van der Waals surface area contributed by atoms with Crippen molar-refractivity contribution in [1.82, 2.24) is 21.0 Å². The summed E-state index contributed by atoms with van der Waals surface area (Å²) >= 11 is 0. The predicted octanol–water partition coefficient (Wildman–Crippen LogP) is 0.643. The summed E-state index contributed by atoms with van der Waals surface area (Å²) in [4.78, 5) is 14.9. The zero-order valence-electron chi connectivity index (χ0n) is 14.7. The van der Waals surface area contributed by atoms with Crippen LogP contribution in [0.3, 0.4) is 0 Å². The Kier molecular flexibility index (Phi) is 4.47. The summed E-state index contributed by atoms with van der Waals surface area (Å²) in [5, 5.41) is 8.53. The number of benzene rings is 1. The van der Waals surface area contributed by atoms with E-state index in [9.17, 15) is 4.79 Å². The van der Waals surface area contributed by atoms with Crippen LogP contribution in [0.2, 0.25) is 0 Å². The van der Waals surface area contributed by atoms with Crippen molar-refractivity contribution in [3.63, 3.8) is 0 Å². The first kappa shape index (κ1) is 16.5. The molecule has 2 fully saturated rings. The first-order chi connectivity index (χ1) is 12.2. The van der Waals surface area contributed by atoms with Gasteiger partial charge in [-0.05, 0) is 31.4 Å². The molecule has 0 aromatic heterocycles. The van der Waals surface area contributed by atoms with E-state index < -0.39 is 0 Å². The van der Waals surface area contributed by atoms with Gasteiger partial charge in [-0.1, -0.05) is 18.2 Å². The molecular formula is C18H25N5O2. The van der Waals surface area contributed by atoms with Gasteiger partial charge < -0.3 is 10.1 Å². The monoisotopic (exact) mass is 343 g/mol. The highest BCUT2D eigenvalue weighted by atomic mass is 16.5. The number of likely N-dealkylation sites (tertiary alicyclic amines) is 1. The summed E-state index contributed by atoms with van der Waals surface area (Å²) in [6.45, 7) is 3.71. The number of para-hydroxylation sites is 1. The Morgan fingerprint density at radius 2 is 2.16 bits per heavy atom. The summed E-state index contributed by atoms with van der Waals surface area (Å²) in [5.41, 5.74) is 6.31. The Bertz CT molecular complexity index is 692.